The van der Waals surface area contributed by atoms with Crippen LogP contribution >= 0.6 is 24.2 Å². The molecule has 5 heteroatoms. The average Bonchev–Trinajstić information content (AvgIpc) is 2.08. The van der Waals surface area contributed by atoms with Gasteiger partial charge in [0.1, 0.15) is 6.04 Å². The number of thioether (sulfide) groups is 1. The van der Waals surface area contributed by atoms with Crippen LogP contribution in [0.2, 0.25) is 0 Å². The molecule has 1 fully saturated rings. The Labute approximate surface area is 76.3 Å². The summed E-state index contributed by atoms with van der Waals surface area (Å²) in [6, 6.07) is -0.391. The number of carboxylic acids is 1. The first kappa shape index (κ1) is 11.1. The maximum absolute atomic E-state index is 10.5. The summed E-state index contributed by atoms with van der Waals surface area (Å²) in [5, 5.41) is 11.6. The van der Waals surface area contributed by atoms with Crippen LogP contribution in [0.5, 0.6) is 0 Å². The second-order valence-corrected chi connectivity index (χ2v) is 4.50. The van der Waals surface area contributed by atoms with Crippen LogP contribution in [0.15, 0.2) is 0 Å². The molecule has 0 radical (unpaired) electrons. The van der Waals surface area contributed by atoms with E-state index in [1.165, 1.54) is 0 Å². The van der Waals surface area contributed by atoms with E-state index in [1.807, 2.05) is 13.8 Å². The summed E-state index contributed by atoms with van der Waals surface area (Å²) in [5.41, 5.74) is 0. The smallest absolute Gasteiger partial charge is 0.322 e. The van der Waals surface area contributed by atoms with Crippen LogP contribution in [0.3, 0.4) is 0 Å². The molecule has 1 atom stereocenters. The minimum atomic E-state index is -0.755. The molecule has 0 aliphatic carbocycles. The first-order valence-corrected chi connectivity index (χ1v) is 4.13. The summed E-state index contributed by atoms with van der Waals surface area (Å²) >= 11 is 1.64. The lowest BCUT2D eigenvalue weighted by Gasteiger charge is -2.20. The van der Waals surface area contributed by atoms with E-state index in [1.54, 1.807) is 11.8 Å². The minimum absolute atomic E-state index is 0. The SMILES string of the molecule is CC1(C)SCNC1C(=O)O.Cl. The highest BCUT2D eigenvalue weighted by molar-refractivity contribution is 8.00. The number of carbonyl (C=O) groups is 1. The fraction of sp³-hybridized carbons (Fsp3) is 0.833. The van der Waals surface area contributed by atoms with Gasteiger partial charge in [-0.15, -0.1) is 24.2 Å². The third-order valence-electron chi connectivity index (χ3n) is 1.67. The van der Waals surface area contributed by atoms with Gasteiger partial charge in [-0.05, 0) is 13.8 Å². The summed E-state index contributed by atoms with van der Waals surface area (Å²) < 4.78 is -0.161. The van der Waals surface area contributed by atoms with E-state index >= 15 is 0 Å². The number of carboxylic acid groups (broad SMARTS) is 1. The zero-order valence-electron chi connectivity index (χ0n) is 6.46. The predicted molar refractivity (Wildman–Crippen MR) is 48.3 cm³/mol. The molecule has 0 bridgehead atoms. The maximum Gasteiger partial charge on any atom is 0.322 e. The van der Waals surface area contributed by atoms with Crippen molar-refractivity contribution in [2.45, 2.75) is 24.6 Å². The monoisotopic (exact) mass is 197 g/mol. The lowest BCUT2D eigenvalue weighted by molar-refractivity contribution is -0.139. The zero-order valence-corrected chi connectivity index (χ0v) is 8.09. The van der Waals surface area contributed by atoms with Crippen molar-refractivity contribution in [3.63, 3.8) is 0 Å². The van der Waals surface area contributed by atoms with Crippen molar-refractivity contribution in [2.75, 3.05) is 5.88 Å². The average molecular weight is 198 g/mol. The van der Waals surface area contributed by atoms with Gasteiger partial charge in [-0.1, -0.05) is 0 Å². The Morgan fingerprint density at radius 3 is 2.45 bits per heavy atom. The summed E-state index contributed by atoms with van der Waals surface area (Å²) in [6.07, 6.45) is 0. The van der Waals surface area contributed by atoms with Gasteiger partial charge in [0, 0.05) is 10.6 Å². The Bertz CT molecular complexity index is 163. The highest BCUT2D eigenvalue weighted by atomic mass is 35.5. The quantitative estimate of drug-likeness (QED) is 0.657. The van der Waals surface area contributed by atoms with Gasteiger partial charge in [0.2, 0.25) is 0 Å². The molecule has 1 aliphatic rings. The molecule has 1 rings (SSSR count). The molecule has 1 aliphatic heterocycles. The predicted octanol–water partition coefficient (Wildman–Crippen LogP) is 0.934. The van der Waals surface area contributed by atoms with Gasteiger partial charge in [0.15, 0.2) is 0 Å². The molecule has 11 heavy (non-hydrogen) atoms. The van der Waals surface area contributed by atoms with E-state index in [4.69, 9.17) is 5.11 Å². The van der Waals surface area contributed by atoms with Crippen molar-refractivity contribution in [3.05, 3.63) is 0 Å². The molecular weight excluding hydrogens is 186 g/mol. The first-order chi connectivity index (χ1) is 4.54. The van der Waals surface area contributed by atoms with Crippen molar-refractivity contribution >= 4 is 30.1 Å². The van der Waals surface area contributed by atoms with Gasteiger partial charge < -0.3 is 5.11 Å². The van der Waals surface area contributed by atoms with Crippen LogP contribution in [0.25, 0.3) is 0 Å². The van der Waals surface area contributed by atoms with E-state index in [-0.39, 0.29) is 17.2 Å². The molecule has 0 spiro atoms. The standard InChI is InChI=1S/C6H11NO2S.ClH/c1-6(2)4(5(8)9)7-3-10-6;/h4,7H,3H2,1-2H3,(H,8,9);1H. The van der Waals surface area contributed by atoms with Crippen LogP contribution < -0.4 is 5.32 Å². The molecule has 3 nitrogen and oxygen atoms in total. The summed E-state index contributed by atoms with van der Waals surface area (Å²) in [4.78, 5) is 10.5. The number of rotatable bonds is 1. The number of halogens is 1. The second kappa shape index (κ2) is 3.65. The third kappa shape index (κ3) is 2.25. The lowest BCUT2D eigenvalue weighted by atomic mass is 10.0. The van der Waals surface area contributed by atoms with Crippen molar-refractivity contribution in [2.24, 2.45) is 0 Å². The number of aliphatic carboxylic acids is 1. The third-order valence-corrected chi connectivity index (χ3v) is 2.96. The number of hydrogen-bond donors (Lipinski definition) is 2. The lowest BCUT2D eigenvalue weighted by Crippen LogP contribution is -2.43. The molecule has 0 aromatic heterocycles. The van der Waals surface area contributed by atoms with Crippen molar-refractivity contribution < 1.29 is 9.90 Å². The fourth-order valence-corrected chi connectivity index (χ4v) is 2.00. The van der Waals surface area contributed by atoms with E-state index in [0.29, 0.717) is 0 Å². The number of nitrogens with one attached hydrogen (secondary N) is 1. The summed E-state index contributed by atoms with van der Waals surface area (Å²) in [5.74, 6) is -0.0146. The van der Waals surface area contributed by atoms with Crippen LogP contribution in [0.4, 0.5) is 0 Å². The van der Waals surface area contributed by atoms with Crippen LogP contribution in [-0.4, -0.2) is 27.7 Å². The molecule has 1 saturated heterocycles. The molecule has 0 aromatic carbocycles. The zero-order chi connectivity index (χ0) is 7.78. The fourth-order valence-electron chi connectivity index (χ4n) is 1.02. The van der Waals surface area contributed by atoms with Gasteiger partial charge in [0.05, 0.1) is 0 Å². The number of hydrogen-bond acceptors (Lipinski definition) is 3. The molecular formula is C6H12ClNO2S. The Morgan fingerprint density at radius 2 is 2.27 bits per heavy atom. The van der Waals surface area contributed by atoms with E-state index in [0.717, 1.165) is 5.88 Å². The van der Waals surface area contributed by atoms with Crippen molar-refractivity contribution in [1.29, 1.82) is 0 Å². The van der Waals surface area contributed by atoms with Crippen LogP contribution in [0, 0.1) is 0 Å². The van der Waals surface area contributed by atoms with E-state index < -0.39 is 12.0 Å². The van der Waals surface area contributed by atoms with Crippen molar-refractivity contribution in [1.82, 2.24) is 5.32 Å². The Morgan fingerprint density at radius 1 is 1.73 bits per heavy atom. The van der Waals surface area contributed by atoms with E-state index in [2.05, 4.69) is 5.32 Å². The highest BCUT2D eigenvalue weighted by Crippen LogP contribution is 2.32. The minimum Gasteiger partial charge on any atom is -0.480 e. The molecule has 1 unspecified atom stereocenters. The molecule has 66 valence electrons. The van der Waals surface area contributed by atoms with Crippen molar-refractivity contribution in [3.8, 4) is 0 Å². The molecule has 0 saturated carbocycles. The van der Waals surface area contributed by atoms with Gasteiger partial charge >= 0.3 is 5.97 Å². The summed E-state index contributed by atoms with van der Waals surface area (Å²) in [7, 11) is 0. The van der Waals surface area contributed by atoms with Gasteiger partial charge in [-0.3, -0.25) is 10.1 Å². The van der Waals surface area contributed by atoms with Gasteiger partial charge in [-0.25, -0.2) is 0 Å². The van der Waals surface area contributed by atoms with Gasteiger partial charge in [0.25, 0.3) is 0 Å². The topological polar surface area (TPSA) is 49.3 Å². The maximum atomic E-state index is 10.5. The molecule has 0 amide bonds. The Kier molecular flexibility index (Phi) is 3.67. The molecule has 1 heterocycles. The van der Waals surface area contributed by atoms with Gasteiger partial charge in [-0.2, -0.15) is 0 Å². The summed E-state index contributed by atoms with van der Waals surface area (Å²) in [6.45, 7) is 3.88. The Hall–Kier alpha value is 0.0700. The molecule has 0 aromatic rings. The Balaban J connectivity index is 0.000001000. The molecule has 2 N–H and O–H groups in total. The van der Waals surface area contributed by atoms with Crippen LogP contribution in [-0.2, 0) is 4.79 Å². The largest absolute Gasteiger partial charge is 0.480 e. The highest BCUT2D eigenvalue weighted by Gasteiger charge is 2.39. The normalized spacial score (nSPS) is 27.6. The second-order valence-electron chi connectivity index (χ2n) is 2.87. The first-order valence-electron chi connectivity index (χ1n) is 3.14. The van der Waals surface area contributed by atoms with Crippen LogP contribution in [0.1, 0.15) is 13.8 Å². The van der Waals surface area contributed by atoms with E-state index in [9.17, 15) is 4.79 Å².